The normalized spacial score (nSPS) is 15.9. The number of hydrogen-bond acceptors (Lipinski definition) is 5. The van der Waals surface area contributed by atoms with Crippen LogP contribution in [0.2, 0.25) is 0 Å². The number of aromatic nitrogens is 2. The van der Waals surface area contributed by atoms with Crippen molar-refractivity contribution in [3.05, 3.63) is 70.2 Å². The summed E-state index contributed by atoms with van der Waals surface area (Å²) in [6.45, 7) is -0.263. The number of ether oxygens (including phenoxy) is 1. The van der Waals surface area contributed by atoms with E-state index < -0.39 is 22.0 Å². The van der Waals surface area contributed by atoms with Gasteiger partial charge in [0.1, 0.15) is 23.9 Å². The highest BCUT2D eigenvalue weighted by Crippen LogP contribution is 2.38. The molecule has 1 N–H and O–H groups in total. The third kappa shape index (κ3) is 4.80. The van der Waals surface area contributed by atoms with Gasteiger partial charge in [0, 0.05) is 18.3 Å². The minimum absolute atomic E-state index is 0.0772. The number of carbonyl (C=O) groups is 1. The van der Waals surface area contributed by atoms with E-state index in [4.69, 9.17) is 9.84 Å². The second-order valence-corrected chi connectivity index (χ2v) is 10.5. The van der Waals surface area contributed by atoms with Crippen LogP contribution in [0.3, 0.4) is 0 Å². The third-order valence-electron chi connectivity index (χ3n) is 5.58. The molecular weight excluding hydrogens is 517 g/mol. The number of fused-ring (bicyclic) bond motifs is 1. The third-order valence-corrected chi connectivity index (χ3v) is 8.06. The molecule has 3 aromatic rings. The summed E-state index contributed by atoms with van der Waals surface area (Å²) in [5, 5.41) is 13.3. The molecule has 0 bridgehead atoms. The van der Waals surface area contributed by atoms with Gasteiger partial charge in [0.15, 0.2) is 0 Å². The molecule has 1 unspecified atom stereocenters. The lowest BCUT2D eigenvalue weighted by Gasteiger charge is -2.31. The van der Waals surface area contributed by atoms with Gasteiger partial charge in [-0.05, 0) is 77.7 Å². The molecule has 0 saturated carbocycles. The van der Waals surface area contributed by atoms with E-state index in [9.17, 15) is 17.6 Å². The van der Waals surface area contributed by atoms with Crippen LogP contribution in [0.15, 0.2) is 58.0 Å². The first-order valence-corrected chi connectivity index (χ1v) is 12.4. The first-order valence-electron chi connectivity index (χ1n) is 10.1. The number of rotatable bonds is 7. The smallest absolute Gasteiger partial charge is 0.325 e. The standard InChI is InChI=1S/C22H21BrFN3O5S/c1-26(19-3-2-4-20-17(19)12-25-27(20)13-22(28)29)33(30,31)16-9-10-21(18(23)11-16)32-15-7-5-14(24)6-8-15/h5-12,19H,2-4,13H2,1H3,(H,28,29). The summed E-state index contributed by atoms with van der Waals surface area (Å²) in [7, 11) is -2.35. The van der Waals surface area contributed by atoms with Crippen molar-refractivity contribution in [1.29, 1.82) is 0 Å². The summed E-state index contributed by atoms with van der Waals surface area (Å²) in [4.78, 5) is 11.2. The Balaban J connectivity index is 1.58. The molecular formula is C22H21BrFN3O5S. The van der Waals surface area contributed by atoms with Crippen LogP contribution in [0.1, 0.15) is 30.1 Å². The number of benzene rings is 2. The predicted octanol–water partition coefficient (Wildman–Crippen LogP) is 4.36. The zero-order valence-corrected chi connectivity index (χ0v) is 20.0. The molecule has 33 heavy (non-hydrogen) atoms. The Bertz CT molecular complexity index is 1290. The molecule has 0 amide bonds. The minimum atomic E-state index is -3.87. The van der Waals surface area contributed by atoms with Crippen molar-refractivity contribution in [2.24, 2.45) is 0 Å². The van der Waals surface area contributed by atoms with Crippen LogP contribution >= 0.6 is 15.9 Å². The summed E-state index contributed by atoms with van der Waals surface area (Å²) in [6.07, 6.45) is 3.53. The highest BCUT2D eigenvalue weighted by molar-refractivity contribution is 9.10. The number of carboxylic acid groups (broad SMARTS) is 1. The fourth-order valence-corrected chi connectivity index (χ4v) is 5.93. The Kier molecular flexibility index (Phi) is 6.55. The van der Waals surface area contributed by atoms with E-state index in [0.29, 0.717) is 28.8 Å². The van der Waals surface area contributed by atoms with Gasteiger partial charge in [0.2, 0.25) is 10.0 Å². The molecule has 0 fully saturated rings. The number of carboxylic acids is 1. The van der Waals surface area contributed by atoms with Gasteiger partial charge >= 0.3 is 5.97 Å². The van der Waals surface area contributed by atoms with Crippen LogP contribution in [0, 0.1) is 5.82 Å². The van der Waals surface area contributed by atoms with Crippen molar-refractivity contribution >= 4 is 31.9 Å². The molecule has 0 aliphatic heterocycles. The fourth-order valence-electron chi connectivity index (χ4n) is 3.93. The molecule has 1 aliphatic carbocycles. The van der Waals surface area contributed by atoms with Gasteiger partial charge in [-0.2, -0.15) is 9.40 Å². The maximum Gasteiger partial charge on any atom is 0.325 e. The number of nitrogens with zero attached hydrogens (tertiary/aromatic N) is 3. The summed E-state index contributed by atoms with van der Waals surface area (Å²) < 4.78 is 48.7. The number of halogens is 2. The summed E-state index contributed by atoms with van der Waals surface area (Å²) in [5.41, 5.74) is 1.48. The average molecular weight is 538 g/mol. The summed E-state index contributed by atoms with van der Waals surface area (Å²) in [5.74, 6) is -0.585. The van der Waals surface area contributed by atoms with Gasteiger partial charge in [-0.25, -0.2) is 12.8 Å². The van der Waals surface area contributed by atoms with Crippen LogP contribution < -0.4 is 4.74 Å². The van der Waals surface area contributed by atoms with E-state index in [1.165, 1.54) is 58.5 Å². The van der Waals surface area contributed by atoms with Gasteiger partial charge < -0.3 is 9.84 Å². The van der Waals surface area contributed by atoms with E-state index in [1.807, 2.05) is 0 Å². The first kappa shape index (κ1) is 23.4. The maximum atomic E-state index is 13.4. The minimum Gasteiger partial charge on any atom is -0.480 e. The molecule has 174 valence electrons. The van der Waals surface area contributed by atoms with E-state index in [0.717, 1.165) is 17.7 Å². The Morgan fingerprint density at radius 3 is 2.70 bits per heavy atom. The van der Waals surface area contributed by atoms with Crippen LogP contribution in [0.25, 0.3) is 0 Å². The lowest BCUT2D eigenvalue weighted by Crippen LogP contribution is -2.33. The van der Waals surface area contributed by atoms with Crippen molar-refractivity contribution in [1.82, 2.24) is 14.1 Å². The van der Waals surface area contributed by atoms with Crippen molar-refractivity contribution in [3.8, 4) is 11.5 Å². The first-order chi connectivity index (χ1) is 15.7. The average Bonchev–Trinajstić information content (AvgIpc) is 3.18. The van der Waals surface area contributed by atoms with Crippen LogP contribution in [0.4, 0.5) is 4.39 Å². The molecule has 11 heteroatoms. The van der Waals surface area contributed by atoms with Crippen molar-refractivity contribution in [3.63, 3.8) is 0 Å². The Morgan fingerprint density at radius 2 is 2.03 bits per heavy atom. The molecule has 2 aromatic carbocycles. The molecule has 1 aromatic heterocycles. The van der Waals surface area contributed by atoms with Gasteiger partial charge in [-0.3, -0.25) is 9.48 Å². The molecule has 0 saturated heterocycles. The second kappa shape index (κ2) is 9.24. The Morgan fingerprint density at radius 1 is 1.30 bits per heavy atom. The topological polar surface area (TPSA) is 102 Å². The Hall–Kier alpha value is -2.76. The lowest BCUT2D eigenvalue weighted by atomic mass is 9.93. The summed E-state index contributed by atoms with van der Waals surface area (Å²) >= 11 is 3.36. The van der Waals surface area contributed by atoms with Crippen molar-refractivity contribution < 1.29 is 27.4 Å². The maximum absolute atomic E-state index is 13.4. The highest BCUT2D eigenvalue weighted by Gasteiger charge is 2.34. The predicted molar refractivity (Wildman–Crippen MR) is 121 cm³/mol. The monoisotopic (exact) mass is 537 g/mol. The van der Waals surface area contributed by atoms with Gasteiger partial charge in [-0.15, -0.1) is 0 Å². The zero-order valence-electron chi connectivity index (χ0n) is 17.6. The van der Waals surface area contributed by atoms with Crippen LogP contribution in [0.5, 0.6) is 11.5 Å². The van der Waals surface area contributed by atoms with Crippen LogP contribution in [-0.4, -0.2) is 40.6 Å². The lowest BCUT2D eigenvalue weighted by molar-refractivity contribution is -0.137. The SMILES string of the molecule is CN(C1CCCc2c1cnn2CC(=O)O)S(=O)(=O)c1ccc(Oc2ccc(F)cc2)c(Br)c1. The zero-order chi connectivity index (χ0) is 23.8. The number of sulfonamides is 1. The number of aliphatic carboxylic acids is 1. The van der Waals surface area contributed by atoms with E-state index in [1.54, 1.807) is 6.20 Å². The van der Waals surface area contributed by atoms with Gasteiger partial charge in [-0.1, -0.05) is 0 Å². The highest BCUT2D eigenvalue weighted by atomic mass is 79.9. The molecule has 8 nitrogen and oxygen atoms in total. The van der Waals surface area contributed by atoms with Crippen molar-refractivity contribution in [2.45, 2.75) is 36.7 Å². The van der Waals surface area contributed by atoms with E-state index >= 15 is 0 Å². The van der Waals surface area contributed by atoms with Gasteiger partial charge in [0.05, 0.1) is 21.6 Å². The fraction of sp³-hybridized carbons (Fsp3) is 0.273. The van der Waals surface area contributed by atoms with Crippen molar-refractivity contribution in [2.75, 3.05) is 7.05 Å². The largest absolute Gasteiger partial charge is 0.480 e. The molecule has 0 radical (unpaired) electrons. The van der Waals surface area contributed by atoms with Crippen LogP contribution in [-0.2, 0) is 27.8 Å². The van der Waals surface area contributed by atoms with E-state index in [-0.39, 0.29) is 17.3 Å². The van der Waals surface area contributed by atoms with Gasteiger partial charge in [0.25, 0.3) is 0 Å². The molecule has 0 spiro atoms. The second-order valence-electron chi connectivity index (χ2n) is 7.68. The molecule has 1 aliphatic rings. The van der Waals surface area contributed by atoms with E-state index in [2.05, 4.69) is 21.0 Å². The Labute approximate surface area is 198 Å². The molecule has 4 rings (SSSR count). The number of hydrogen-bond donors (Lipinski definition) is 1. The summed E-state index contributed by atoms with van der Waals surface area (Å²) in [6, 6.07) is 9.50. The quantitative estimate of drug-likeness (QED) is 0.480. The molecule has 1 heterocycles. The molecule has 1 atom stereocenters.